The fourth-order valence-corrected chi connectivity index (χ4v) is 1.43. The molecule has 13 heavy (non-hydrogen) atoms. The number of amides is 2. The molecular formula is C8H12N2O2S. The molecule has 72 valence electrons. The standard InChI is InChI=1S/C8H12N2O2S/c1-2-3-4-10-7(12)5-6(11)9-8(10)13/h2-5H2,1H3,(H,9,11,13). The summed E-state index contributed by atoms with van der Waals surface area (Å²) in [6.45, 7) is 2.64. The Morgan fingerprint density at radius 2 is 2.23 bits per heavy atom. The fraction of sp³-hybridized carbons (Fsp3) is 0.625. The van der Waals surface area contributed by atoms with E-state index in [-0.39, 0.29) is 23.3 Å². The summed E-state index contributed by atoms with van der Waals surface area (Å²) in [6.07, 6.45) is 1.83. The van der Waals surface area contributed by atoms with Gasteiger partial charge in [0.25, 0.3) is 0 Å². The van der Waals surface area contributed by atoms with Crippen LogP contribution < -0.4 is 5.32 Å². The highest BCUT2D eigenvalue weighted by atomic mass is 32.1. The Bertz CT molecular complexity index is 233. The van der Waals surface area contributed by atoms with Gasteiger partial charge in [0.1, 0.15) is 6.42 Å². The number of unbranched alkanes of at least 4 members (excludes halogenated alkanes) is 1. The van der Waals surface area contributed by atoms with Crippen molar-refractivity contribution in [2.75, 3.05) is 6.54 Å². The van der Waals surface area contributed by atoms with Crippen LogP contribution in [0.4, 0.5) is 0 Å². The van der Waals surface area contributed by atoms with Crippen LogP contribution in [0.1, 0.15) is 26.2 Å². The van der Waals surface area contributed by atoms with Crippen LogP contribution >= 0.6 is 12.2 Å². The Morgan fingerprint density at radius 1 is 1.54 bits per heavy atom. The van der Waals surface area contributed by atoms with Gasteiger partial charge < -0.3 is 5.32 Å². The Kier molecular flexibility index (Phi) is 3.36. The lowest BCUT2D eigenvalue weighted by Crippen LogP contribution is -2.52. The van der Waals surface area contributed by atoms with Gasteiger partial charge in [-0.05, 0) is 18.6 Å². The van der Waals surface area contributed by atoms with E-state index >= 15 is 0 Å². The Morgan fingerprint density at radius 3 is 2.77 bits per heavy atom. The van der Waals surface area contributed by atoms with Crippen molar-refractivity contribution in [3.8, 4) is 0 Å². The van der Waals surface area contributed by atoms with E-state index in [9.17, 15) is 9.59 Å². The van der Waals surface area contributed by atoms with Crippen molar-refractivity contribution in [1.29, 1.82) is 0 Å². The highest BCUT2D eigenvalue weighted by Crippen LogP contribution is 2.04. The maximum Gasteiger partial charge on any atom is 0.238 e. The molecule has 0 atom stereocenters. The van der Waals surface area contributed by atoms with Crippen LogP contribution in [-0.4, -0.2) is 28.4 Å². The van der Waals surface area contributed by atoms with Gasteiger partial charge in [-0.2, -0.15) is 0 Å². The van der Waals surface area contributed by atoms with Crippen LogP contribution in [0.2, 0.25) is 0 Å². The number of rotatable bonds is 3. The van der Waals surface area contributed by atoms with E-state index in [0.717, 1.165) is 12.8 Å². The smallest absolute Gasteiger partial charge is 0.238 e. The predicted octanol–water partition coefficient (Wildman–Crippen LogP) is 0.420. The van der Waals surface area contributed by atoms with Gasteiger partial charge >= 0.3 is 0 Å². The number of hydrogen-bond donors (Lipinski definition) is 1. The summed E-state index contributed by atoms with van der Waals surface area (Å²) in [5.41, 5.74) is 0. The molecule has 0 aromatic carbocycles. The van der Waals surface area contributed by atoms with Gasteiger partial charge in [-0.3, -0.25) is 14.5 Å². The normalized spacial score (nSPS) is 17.6. The molecule has 0 unspecified atom stereocenters. The summed E-state index contributed by atoms with van der Waals surface area (Å²) in [6, 6.07) is 0. The minimum Gasteiger partial charge on any atom is -0.302 e. The lowest BCUT2D eigenvalue weighted by molar-refractivity contribution is -0.134. The van der Waals surface area contributed by atoms with Crippen LogP contribution in [0.25, 0.3) is 0 Å². The first kappa shape index (κ1) is 10.1. The summed E-state index contributed by atoms with van der Waals surface area (Å²) in [7, 11) is 0. The zero-order valence-corrected chi connectivity index (χ0v) is 8.32. The molecule has 0 aromatic rings. The first-order valence-corrected chi connectivity index (χ1v) is 4.70. The number of hydrogen-bond acceptors (Lipinski definition) is 3. The number of nitrogens with one attached hydrogen (secondary N) is 1. The lowest BCUT2D eigenvalue weighted by atomic mass is 10.2. The number of carbonyl (C=O) groups excluding carboxylic acids is 2. The molecule has 1 aliphatic heterocycles. The molecule has 5 heteroatoms. The monoisotopic (exact) mass is 200 g/mol. The van der Waals surface area contributed by atoms with Crippen LogP contribution in [0.15, 0.2) is 0 Å². The van der Waals surface area contributed by atoms with E-state index in [1.165, 1.54) is 4.90 Å². The molecule has 1 saturated heterocycles. The van der Waals surface area contributed by atoms with Gasteiger partial charge in [-0.25, -0.2) is 0 Å². The van der Waals surface area contributed by atoms with E-state index in [1.807, 2.05) is 6.92 Å². The molecular weight excluding hydrogens is 188 g/mol. The fourth-order valence-electron chi connectivity index (χ4n) is 1.12. The number of nitrogens with zero attached hydrogens (tertiary/aromatic N) is 1. The largest absolute Gasteiger partial charge is 0.302 e. The lowest BCUT2D eigenvalue weighted by Gasteiger charge is -2.27. The molecule has 1 fully saturated rings. The van der Waals surface area contributed by atoms with E-state index in [1.54, 1.807) is 0 Å². The SMILES string of the molecule is CCCCN1C(=O)CC(=O)NC1=S. The topological polar surface area (TPSA) is 49.4 Å². The van der Waals surface area contributed by atoms with Crippen molar-refractivity contribution in [2.24, 2.45) is 0 Å². The maximum atomic E-state index is 11.3. The van der Waals surface area contributed by atoms with Crippen molar-refractivity contribution in [3.05, 3.63) is 0 Å². The highest BCUT2D eigenvalue weighted by Gasteiger charge is 2.26. The predicted molar refractivity (Wildman–Crippen MR) is 52.0 cm³/mol. The van der Waals surface area contributed by atoms with Crippen LogP contribution in [-0.2, 0) is 9.59 Å². The van der Waals surface area contributed by atoms with E-state index in [4.69, 9.17) is 12.2 Å². The Balaban J connectivity index is 2.56. The molecule has 0 spiro atoms. The zero-order valence-electron chi connectivity index (χ0n) is 7.50. The van der Waals surface area contributed by atoms with Gasteiger partial charge in [0, 0.05) is 6.54 Å². The van der Waals surface area contributed by atoms with E-state index < -0.39 is 0 Å². The molecule has 0 radical (unpaired) electrons. The molecule has 1 aliphatic rings. The molecule has 0 bridgehead atoms. The minimum absolute atomic E-state index is 0.0795. The Labute approximate surface area is 82.3 Å². The Hall–Kier alpha value is -0.970. The van der Waals surface area contributed by atoms with E-state index in [0.29, 0.717) is 6.54 Å². The summed E-state index contributed by atoms with van der Waals surface area (Å²) in [5, 5.41) is 2.71. The van der Waals surface area contributed by atoms with Crippen molar-refractivity contribution in [2.45, 2.75) is 26.2 Å². The second-order valence-electron chi connectivity index (χ2n) is 2.93. The van der Waals surface area contributed by atoms with E-state index in [2.05, 4.69) is 5.32 Å². The summed E-state index contributed by atoms with van der Waals surface area (Å²) >= 11 is 4.87. The van der Waals surface area contributed by atoms with Crippen LogP contribution in [0, 0.1) is 0 Å². The molecule has 1 heterocycles. The molecule has 4 nitrogen and oxygen atoms in total. The van der Waals surface area contributed by atoms with Gasteiger partial charge in [0.2, 0.25) is 11.8 Å². The van der Waals surface area contributed by atoms with Crippen molar-refractivity contribution in [3.63, 3.8) is 0 Å². The number of thiocarbonyl (C=S) groups is 1. The van der Waals surface area contributed by atoms with Gasteiger partial charge in [0.05, 0.1) is 0 Å². The number of carbonyl (C=O) groups is 2. The third-order valence-electron chi connectivity index (χ3n) is 1.84. The summed E-state index contributed by atoms with van der Waals surface area (Å²) < 4.78 is 0. The van der Waals surface area contributed by atoms with Crippen molar-refractivity contribution >= 4 is 29.1 Å². The second-order valence-corrected chi connectivity index (χ2v) is 3.32. The molecule has 1 rings (SSSR count). The van der Waals surface area contributed by atoms with Crippen LogP contribution in [0.3, 0.4) is 0 Å². The van der Waals surface area contributed by atoms with Gasteiger partial charge in [0.15, 0.2) is 5.11 Å². The highest BCUT2D eigenvalue weighted by molar-refractivity contribution is 7.80. The van der Waals surface area contributed by atoms with Crippen LogP contribution in [0.5, 0.6) is 0 Å². The second kappa shape index (κ2) is 4.32. The average molecular weight is 200 g/mol. The molecule has 0 aromatic heterocycles. The first-order chi connectivity index (χ1) is 6.15. The van der Waals surface area contributed by atoms with Crippen molar-refractivity contribution in [1.82, 2.24) is 10.2 Å². The van der Waals surface area contributed by atoms with Gasteiger partial charge in [-0.15, -0.1) is 0 Å². The summed E-state index contributed by atoms with van der Waals surface area (Å²) in [4.78, 5) is 23.6. The molecule has 0 saturated carbocycles. The van der Waals surface area contributed by atoms with Gasteiger partial charge in [-0.1, -0.05) is 13.3 Å². The molecule has 0 aliphatic carbocycles. The third-order valence-corrected chi connectivity index (χ3v) is 2.16. The quantitative estimate of drug-likeness (QED) is 0.530. The molecule has 2 amide bonds. The summed E-state index contributed by atoms with van der Waals surface area (Å²) in [5.74, 6) is -0.495. The average Bonchev–Trinajstić information content (AvgIpc) is 2.02. The first-order valence-electron chi connectivity index (χ1n) is 4.29. The van der Waals surface area contributed by atoms with Crippen molar-refractivity contribution < 1.29 is 9.59 Å². The minimum atomic E-state index is -0.303. The molecule has 1 N–H and O–H groups in total. The third kappa shape index (κ3) is 2.48. The zero-order chi connectivity index (χ0) is 9.84. The maximum absolute atomic E-state index is 11.3.